The quantitative estimate of drug-likeness (QED) is 0.920. The van der Waals surface area contributed by atoms with Crippen LogP contribution in [-0.4, -0.2) is 23.6 Å². The first-order valence-corrected chi connectivity index (χ1v) is 6.02. The summed E-state index contributed by atoms with van der Waals surface area (Å²) in [5.74, 6) is 1.52. The van der Waals surface area contributed by atoms with Crippen molar-refractivity contribution in [2.45, 2.75) is 6.92 Å². The second-order valence-electron chi connectivity index (χ2n) is 3.66. The van der Waals surface area contributed by atoms with E-state index in [1.807, 2.05) is 25.1 Å². The minimum Gasteiger partial charge on any atom is -0.496 e. The van der Waals surface area contributed by atoms with Crippen LogP contribution in [0.2, 0.25) is 5.02 Å². The van der Waals surface area contributed by atoms with Gasteiger partial charge in [0, 0.05) is 23.2 Å². The zero-order chi connectivity index (χ0) is 13.0. The number of nitrogens with one attached hydrogen (secondary N) is 1. The van der Waals surface area contributed by atoms with Crippen molar-refractivity contribution in [1.82, 2.24) is 9.97 Å². The third kappa shape index (κ3) is 2.71. The molecule has 0 spiro atoms. The molecule has 5 heteroatoms. The smallest absolute Gasteiger partial charge is 0.129 e. The van der Waals surface area contributed by atoms with Crippen LogP contribution in [0.5, 0.6) is 5.75 Å². The maximum absolute atomic E-state index is 6.01. The number of halogens is 1. The number of anilines is 1. The summed E-state index contributed by atoms with van der Waals surface area (Å²) < 4.78 is 5.32. The lowest BCUT2D eigenvalue weighted by molar-refractivity contribution is 0.416. The Labute approximate surface area is 111 Å². The highest BCUT2D eigenvalue weighted by Crippen LogP contribution is 2.31. The van der Waals surface area contributed by atoms with Crippen molar-refractivity contribution < 1.29 is 4.74 Å². The van der Waals surface area contributed by atoms with Crippen molar-refractivity contribution in [3.8, 4) is 17.0 Å². The highest BCUT2D eigenvalue weighted by atomic mass is 35.5. The fourth-order valence-corrected chi connectivity index (χ4v) is 1.83. The Morgan fingerprint density at radius 3 is 2.83 bits per heavy atom. The van der Waals surface area contributed by atoms with E-state index in [4.69, 9.17) is 16.3 Å². The Morgan fingerprint density at radius 1 is 1.28 bits per heavy atom. The summed E-state index contributed by atoms with van der Waals surface area (Å²) in [5, 5.41) is 3.79. The van der Waals surface area contributed by atoms with E-state index in [-0.39, 0.29) is 0 Å². The standard InChI is InChI=1S/C13H14ClN3O/c1-3-15-13-7-11(16-8-17-13)10-6-9(14)4-5-12(10)18-2/h4-8H,3H2,1-2H3,(H,15,16,17). The molecule has 0 unspecified atom stereocenters. The van der Waals surface area contributed by atoms with E-state index in [1.54, 1.807) is 13.2 Å². The molecule has 0 fully saturated rings. The zero-order valence-electron chi connectivity index (χ0n) is 10.3. The maximum atomic E-state index is 6.01. The van der Waals surface area contributed by atoms with Gasteiger partial charge in [-0.1, -0.05) is 11.6 Å². The molecule has 0 saturated heterocycles. The molecule has 0 atom stereocenters. The average Bonchev–Trinajstić information content (AvgIpc) is 2.39. The van der Waals surface area contributed by atoms with Crippen LogP contribution in [0, 0.1) is 0 Å². The zero-order valence-corrected chi connectivity index (χ0v) is 11.0. The van der Waals surface area contributed by atoms with Crippen LogP contribution in [0.4, 0.5) is 5.82 Å². The van der Waals surface area contributed by atoms with Gasteiger partial charge in [-0.05, 0) is 25.1 Å². The molecule has 0 bridgehead atoms. The molecule has 0 aliphatic carbocycles. The lowest BCUT2D eigenvalue weighted by Crippen LogP contribution is -2.00. The minimum absolute atomic E-state index is 0.648. The van der Waals surface area contributed by atoms with Crippen LogP contribution in [0.1, 0.15) is 6.92 Å². The van der Waals surface area contributed by atoms with Crippen LogP contribution >= 0.6 is 11.6 Å². The number of ether oxygens (including phenoxy) is 1. The predicted octanol–water partition coefficient (Wildman–Crippen LogP) is 3.24. The van der Waals surface area contributed by atoms with E-state index in [0.717, 1.165) is 29.4 Å². The molecule has 4 nitrogen and oxygen atoms in total. The molecule has 1 aromatic carbocycles. The van der Waals surface area contributed by atoms with Crippen molar-refractivity contribution in [3.05, 3.63) is 35.6 Å². The van der Waals surface area contributed by atoms with E-state index < -0.39 is 0 Å². The van der Waals surface area contributed by atoms with Gasteiger partial charge in [0.25, 0.3) is 0 Å². The molecular formula is C13H14ClN3O. The van der Waals surface area contributed by atoms with Gasteiger partial charge in [-0.3, -0.25) is 0 Å². The molecule has 0 aliphatic rings. The largest absolute Gasteiger partial charge is 0.496 e. The molecule has 1 heterocycles. The molecule has 0 saturated carbocycles. The molecule has 2 aromatic rings. The Balaban J connectivity index is 2.47. The van der Waals surface area contributed by atoms with E-state index >= 15 is 0 Å². The van der Waals surface area contributed by atoms with E-state index in [9.17, 15) is 0 Å². The third-order valence-corrected chi connectivity index (χ3v) is 2.70. The second kappa shape index (κ2) is 5.69. The summed E-state index contributed by atoms with van der Waals surface area (Å²) in [7, 11) is 1.62. The third-order valence-electron chi connectivity index (χ3n) is 2.46. The molecule has 0 aliphatic heterocycles. The molecule has 18 heavy (non-hydrogen) atoms. The Bertz CT molecular complexity index is 546. The van der Waals surface area contributed by atoms with Crippen LogP contribution in [0.15, 0.2) is 30.6 Å². The van der Waals surface area contributed by atoms with Crippen LogP contribution in [-0.2, 0) is 0 Å². The molecule has 0 radical (unpaired) electrons. The van der Waals surface area contributed by atoms with Gasteiger partial charge in [0.05, 0.1) is 12.8 Å². The molecule has 1 N–H and O–H groups in total. The van der Waals surface area contributed by atoms with Gasteiger partial charge in [0.2, 0.25) is 0 Å². The van der Waals surface area contributed by atoms with Gasteiger partial charge >= 0.3 is 0 Å². The Kier molecular flexibility index (Phi) is 3.99. The number of methoxy groups -OCH3 is 1. The number of nitrogens with zero attached hydrogens (tertiary/aromatic N) is 2. The van der Waals surface area contributed by atoms with Gasteiger partial charge in [-0.2, -0.15) is 0 Å². The summed E-state index contributed by atoms with van der Waals surface area (Å²) in [6.07, 6.45) is 1.52. The fourth-order valence-electron chi connectivity index (χ4n) is 1.66. The van der Waals surface area contributed by atoms with E-state index in [1.165, 1.54) is 6.33 Å². The number of rotatable bonds is 4. The fraction of sp³-hybridized carbons (Fsp3) is 0.231. The highest BCUT2D eigenvalue weighted by Gasteiger charge is 2.09. The number of hydrogen-bond donors (Lipinski definition) is 1. The Morgan fingerprint density at radius 2 is 2.11 bits per heavy atom. The molecular weight excluding hydrogens is 250 g/mol. The topological polar surface area (TPSA) is 47.0 Å². The first-order chi connectivity index (χ1) is 8.74. The summed E-state index contributed by atoms with van der Waals surface area (Å²) >= 11 is 6.01. The first kappa shape index (κ1) is 12.6. The van der Waals surface area contributed by atoms with Crippen molar-refractivity contribution in [2.24, 2.45) is 0 Å². The van der Waals surface area contributed by atoms with Crippen LogP contribution in [0.25, 0.3) is 11.3 Å². The summed E-state index contributed by atoms with van der Waals surface area (Å²) in [5.41, 5.74) is 1.63. The predicted molar refractivity (Wildman–Crippen MR) is 73.2 cm³/mol. The van der Waals surface area contributed by atoms with Crippen LogP contribution in [0.3, 0.4) is 0 Å². The van der Waals surface area contributed by atoms with E-state index in [0.29, 0.717) is 5.02 Å². The molecule has 94 valence electrons. The van der Waals surface area contributed by atoms with Crippen LogP contribution < -0.4 is 10.1 Å². The summed E-state index contributed by atoms with van der Waals surface area (Å²) in [6, 6.07) is 7.32. The normalized spacial score (nSPS) is 10.2. The molecule has 1 aromatic heterocycles. The molecule has 0 amide bonds. The monoisotopic (exact) mass is 263 g/mol. The SMILES string of the molecule is CCNc1cc(-c2cc(Cl)ccc2OC)ncn1. The number of hydrogen-bond acceptors (Lipinski definition) is 4. The summed E-state index contributed by atoms with van der Waals surface area (Å²) in [6.45, 7) is 2.82. The van der Waals surface area contributed by atoms with Crippen molar-refractivity contribution in [1.29, 1.82) is 0 Å². The van der Waals surface area contributed by atoms with Gasteiger partial charge in [0.15, 0.2) is 0 Å². The highest BCUT2D eigenvalue weighted by molar-refractivity contribution is 6.30. The first-order valence-electron chi connectivity index (χ1n) is 5.64. The number of aromatic nitrogens is 2. The minimum atomic E-state index is 0.648. The summed E-state index contributed by atoms with van der Waals surface area (Å²) in [4.78, 5) is 8.39. The Hall–Kier alpha value is -1.81. The number of benzene rings is 1. The van der Waals surface area contributed by atoms with Gasteiger partial charge in [0.1, 0.15) is 17.9 Å². The van der Waals surface area contributed by atoms with Crippen molar-refractivity contribution in [3.63, 3.8) is 0 Å². The average molecular weight is 264 g/mol. The van der Waals surface area contributed by atoms with E-state index in [2.05, 4.69) is 15.3 Å². The lowest BCUT2D eigenvalue weighted by atomic mass is 10.1. The molecule has 2 rings (SSSR count). The van der Waals surface area contributed by atoms with Gasteiger partial charge < -0.3 is 10.1 Å². The van der Waals surface area contributed by atoms with Gasteiger partial charge in [-0.15, -0.1) is 0 Å². The van der Waals surface area contributed by atoms with Crippen molar-refractivity contribution >= 4 is 17.4 Å². The maximum Gasteiger partial charge on any atom is 0.129 e. The van der Waals surface area contributed by atoms with Crippen molar-refractivity contribution in [2.75, 3.05) is 19.0 Å². The van der Waals surface area contributed by atoms with Gasteiger partial charge in [-0.25, -0.2) is 9.97 Å². The second-order valence-corrected chi connectivity index (χ2v) is 4.10. The lowest BCUT2D eigenvalue weighted by Gasteiger charge is -2.09.